The fourth-order valence-corrected chi connectivity index (χ4v) is 2.56. The van der Waals surface area contributed by atoms with Gasteiger partial charge in [0.1, 0.15) is 11.4 Å². The van der Waals surface area contributed by atoms with E-state index in [2.05, 4.69) is 4.99 Å². The van der Waals surface area contributed by atoms with Crippen molar-refractivity contribution in [3.05, 3.63) is 0 Å². The maximum atomic E-state index is 11.7. The summed E-state index contributed by atoms with van der Waals surface area (Å²) in [7, 11) is 1.61. The molecule has 6 nitrogen and oxygen atoms in total. The van der Waals surface area contributed by atoms with Crippen LogP contribution in [0.4, 0.5) is 4.79 Å². The van der Waals surface area contributed by atoms with Gasteiger partial charge in [0, 0.05) is 33.1 Å². The minimum atomic E-state index is -0.407. The van der Waals surface area contributed by atoms with Crippen LogP contribution in [0.15, 0.2) is 4.99 Å². The minimum Gasteiger partial charge on any atom is -0.385 e. The second-order valence-electron chi connectivity index (χ2n) is 4.44. The van der Waals surface area contributed by atoms with Gasteiger partial charge >= 0.3 is 6.03 Å². The summed E-state index contributed by atoms with van der Waals surface area (Å²) in [6, 6.07) is -0.255. The van der Waals surface area contributed by atoms with Crippen LogP contribution < -0.4 is 5.73 Å². The Morgan fingerprint density at radius 1 is 1.59 bits per heavy atom. The smallest absolute Gasteiger partial charge is 0.346 e. The molecule has 1 saturated carbocycles. The van der Waals surface area contributed by atoms with E-state index in [9.17, 15) is 4.79 Å². The highest BCUT2D eigenvalue weighted by molar-refractivity contribution is 6.06. The molecule has 96 valence electrons. The number of amidine groups is 1. The first-order chi connectivity index (χ1) is 8.14. The highest BCUT2D eigenvalue weighted by Gasteiger charge is 2.57. The molecule has 1 fully saturated rings. The number of urea groups is 1. The Morgan fingerprint density at radius 2 is 2.29 bits per heavy atom. The van der Waals surface area contributed by atoms with Crippen molar-refractivity contribution in [3.63, 3.8) is 0 Å². The molecule has 1 heterocycles. The lowest BCUT2D eigenvalue weighted by Crippen LogP contribution is -2.64. The zero-order chi connectivity index (χ0) is 12.5. The highest BCUT2D eigenvalue weighted by atomic mass is 16.5. The van der Waals surface area contributed by atoms with Crippen molar-refractivity contribution in [3.8, 4) is 0 Å². The van der Waals surface area contributed by atoms with Crippen LogP contribution in [0.25, 0.3) is 0 Å². The summed E-state index contributed by atoms with van der Waals surface area (Å²) in [5, 5.41) is 0. The lowest BCUT2D eigenvalue weighted by molar-refractivity contribution is -0.0580. The third kappa shape index (κ3) is 1.91. The van der Waals surface area contributed by atoms with Gasteiger partial charge < -0.3 is 20.1 Å². The third-order valence-electron chi connectivity index (χ3n) is 3.49. The standard InChI is InChI=1S/C11H19N3O3/c1-3-17-8-6-11(7-8)9(12)13-10(15)14(11)4-5-16-2/h8H,3-7H2,1-2H3,(H2,12,13,15). The molecule has 0 bridgehead atoms. The number of rotatable bonds is 5. The normalized spacial score (nSPS) is 31.9. The molecule has 6 heteroatoms. The van der Waals surface area contributed by atoms with Crippen LogP contribution in [0.2, 0.25) is 0 Å². The Balaban J connectivity index is 2.04. The number of carbonyl (C=O) groups excluding carboxylic acids is 1. The van der Waals surface area contributed by atoms with Crippen molar-refractivity contribution in [2.24, 2.45) is 10.7 Å². The number of methoxy groups -OCH3 is 1. The van der Waals surface area contributed by atoms with Crippen LogP contribution in [0.3, 0.4) is 0 Å². The Hall–Kier alpha value is -1.14. The number of ether oxygens (including phenoxy) is 2. The second kappa shape index (κ2) is 4.62. The van der Waals surface area contributed by atoms with Crippen molar-refractivity contribution >= 4 is 11.9 Å². The Morgan fingerprint density at radius 3 is 2.88 bits per heavy atom. The van der Waals surface area contributed by atoms with Gasteiger partial charge in [0.2, 0.25) is 0 Å². The van der Waals surface area contributed by atoms with Crippen molar-refractivity contribution in [2.75, 3.05) is 26.9 Å². The largest absolute Gasteiger partial charge is 0.385 e. The molecular weight excluding hydrogens is 222 g/mol. The summed E-state index contributed by atoms with van der Waals surface area (Å²) >= 11 is 0. The first-order valence-corrected chi connectivity index (χ1v) is 5.91. The fourth-order valence-electron chi connectivity index (χ4n) is 2.56. The molecule has 1 aliphatic heterocycles. The van der Waals surface area contributed by atoms with Gasteiger partial charge in [0.25, 0.3) is 0 Å². The molecule has 2 rings (SSSR count). The Kier molecular flexibility index (Phi) is 3.35. The van der Waals surface area contributed by atoms with E-state index in [0.717, 1.165) is 12.8 Å². The summed E-state index contributed by atoms with van der Waals surface area (Å²) in [4.78, 5) is 17.3. The second-order valence-corrected chi connectivity index (χ2v) is 4.44. The topological polar surface area (TPSA) is 77.2 Å². The summed E-state index contributed by atoms with van der Waals surface area (Å²) in [6.07, 6.45) is 1.67. The van der Waals surface area contributed by atoms with Crippen LogP contribution >= 0.6 is 0 Å². The van der Waals surface area contributed by atoms with Gasteiger partial charge in [-0.15, -0.1) is 0 Å². The molecule has 0 atom stereocenters. The fraction of sp³-hybridized carbons (Fsp3) is 0.818. The van der Waals surface area contributed by atoms with E-state index >= 15 is 0 Å². The average Bonchev–Trinajstić information content (AvgIpc) is 2.48. The van der Waals surface area contributed by atoms with Crippen LogP contribution in [-0.4, -0.2) is 55.3 Å². The van der Waals surface area contributed by atoms with E-state index in [-0.39, 0.29) is 12.1 Å². The average molecular weight is 241 g/mol. The number of hydrogen-bond donors (Lipinski definition) is 1. The van der Waals surface area contributed by atoms with Crippen molar-refractivity contribution < 1.29 is 14.3 Å². The molecule has 2 amide bonds. The minimum absolute atomic E-state index is 0.185. The molecule has 0 aromatic carbocycles. The number of aliphatic imine (C=N–C) groups is 1. The predicted molar refractivity (Wildman–Crippen MR) is 63.0 cm³/mol. The molecule has 17 heavy (non-hydrogen) atoms. The Bertz CT molecular complexity index is 337. The van der Waals surface area contributed by atoms with Gasteiger partial charge in [-0.3, -0.25) is 0 Å². The van der Waals surface area contributed by atoms with Crippen molar-refractivity contribution in [1.82, 2.24) is 4.90 Å². The van der Waals surface area contributed by atoms with Crippen LogP contribution in [0.5, 0.6) is 0 Å². The molecule has 0 saturated heterocycles. The number of amides is 2. The van der Waals surface area contributed by atoms with E-state index < -0.39 is 5.54 Å². The molecule has 2 N–H and O–H groups in total. The lowest BCUT2D eigenvalue weighted by atomic mass is 9.72. The van der Waals surface area contributed by atoms with Crippen molar-refractivity contribution in [2.45, 2.75) is 31.4 Å². The van der Waals surface area contributed by atoms with Crippen LogP contribution in [0.1, 0.15) is 19.8 Å². The zero-order valence-corrected chi connectivity index (χ0v) is 10.3. The van der Waals surface area contributed by atoms with Gasteiger partial charge in [-0.25, -0.2) is 4.79 Å². The summed E-state index contributed by atoms with van der Waals surface area (Å²) in [6.45, 7) is 3.67. The summed E-state index contributed by atoms with van der Waals surface area (Å²) in [5.74, 6) is 0.426. The Labute approximate surface area is 101 Å². The first kappa shape index (κ1) is 12.3. The highest BCUT2D eigenvalue weighted by Crippen LogP contribution is 2.43. The van der Waals surface area contributed by atoms with E-state index in [1.54, 1.807) is 12.0 Å². The van der Waals surface area contributed by atoms with E-state index in [0.29, 0.717) is 25.6 Å². The van der Waals surface area contributed by atoms with Crippen LogP contribution in [-0.2, 0) is 9.47 Å². The summed E-state index contributed by atoms with van der Waals surface area (Å²) < 4.78 is 10.5. The lowest BCUT2D eigenvalue weighted by Gasteiger charge is -2.49. The van der Waals surface area contributed by atoms with Gasteiger partial charge in [-0.1, -0.05) is 0 Å². The summed E-state index contributed by atoms with van der Waals surface area (Å²) in [5.41, 5.74) is 5.47. The number of nitrogens with two attached hydrogens (primary N) is 1. The van der Waals surface area contributed by atoms with E-state index in [4.69, 9.17) is 15.2 Å². The molecule has 0 aromatic rings. The molecule has 2 aliphatic rings. The zero-order valence-electron chi connectivity index (χ0n) is 10.3. The molecule has 1 spiro atoms. The SMILES string of the molecule is CCOC1CC2(C1)C(N)=NC(=O)N2CCOC. The molecular formula is C11H19N3O3. The van der Waals surface area contributed by atoms with E-state index in [1.165, 1.54) is 0 Å². The predicted octanol–water partition coefficient (Wildman–Crippen LogP) is 0.363. The number of carbonyl (C=O) groups is 1. The molecule has 1 aliphatic carbocycles. The first-order valence-electron chi connectivity index (χ1n) is 5.91. The monoisotopic (exact) mass is 241 g/mol. The quantitative estimate of drug-likeness (QED) is 0.754. The molecule has 0 unspecified atom stereocenters. The van der Waals surface area contributed by atoms with Gasteiger partial charge in [-0.05, 0) is 6.92 Å². The maximum absolute atomic E-state index is 11.7. The van der Waals surface area contributed by atoms with Gasteiger partial charge in [0.05, 0.1) is 12.7 Å². The van der Waals surface area contributed by atoms with Crippen LogP contribution in [0, 0.1) is 0 Å². The van der Waals surface area contributed by atoms with Gasteiger partial charge in [-0.2, -0.15) is 4.99 Å². The molecule has 0 aromatic heterocycles. The van der Waals surface area contributed by atoms with E-state index in [1.807, 2.05) is 6.92 Å². The number of hydrogen-bond acceptors (Lipinski definition) is 4. The van der Waals surface area contributed by atoms with Crippen molar-refractivity contribution in [1.29, 1.82) is 0 Å². The third-order valence-corrected chi connectivity index (χ3v) is 3.49. The van der Waals surface area contributed by atoms with Gasteiger partial charge in [0.15, 0.2) is 0 Å². The molecule has 0 radical (unpaired) electrons. The number of nitrogens with zero attached hydrogens (tertiary/aromatic N) is 2. The maximum Gasteiger partial charge on any atom is 0.346 e.